The molecule has 0 fully saturated rings. The van der Waals surface area contributed by atoms with Gasteiger partial charge >= 0.3 is 0 Å². The summed E-state index contributed by atoms with van der Waals surface area (Å²) in [5.74, 6) is 0. The molecule has 88 valence electrons. The third-order valence-corrected chi connectivity index (χ3v) is 4.12. The molecule has 0 heterocycles. The Morgan fingerprint density at radius 1 is 0.778 bits per heavy atom. The van der Waals surface area contributed by atoms with E-state index in [0.29, 0.717) is 11.4 Å². The third kappa shape index (κ3) is 2.32. The number of hydrogen-bond acceptors (Lipinski definition) is 2. The first-order chi connectivity index (χ1) is 8.69. The van der Waals surface area contributed by atoms with Gasteiger partial charge in [-0.25, -0.2) is 0 Å². The van der Waals surface area contributed by atoms with Gasteiger partial charge in [0.25, 0.3) is 0 Å². The van der Waals surface area contributed by atoms with Gasteiger partial charge in [-0.1, -0.05) is 22.4 Å². The van der Waals surface area contributed by atoms with E-state index in [1.165, 1.54) is 0 Å². The van der Waals surface area contributed by atoms with Crippen molar-refractivity contribution in [3.63, 3.8) is 0 Å². The van der Waals surface area contributed by atoms with Crippen LogP contribution in [0.2, 0.25) is 0 Å². The molecule has 0 aliphatic heterocycles. The summed E-state index contributed by atoms with van der Waals surface area (Å²) in [7, 11) is 0. The predicted molar refractivity (Wildman–Crippen MR) is 87.0 cm³/mol. The molecule has 0 aliphatic rings. The maximum Gasteiger partial charge on any atom is 0.0465 e. The number of nitrogens with zero attached hydrogens (tertiary/aromatic N) is 6. The Balaban J connectivity index is 3.03. The fraction of sp³-hybridized carbons (Fsp3) is 0. The van der Waals surface area contributed by atoms with E-state index in [1.54, 1.807) is 12.1 Å². The zero-order chi connectivity index (χ0) is 13.1. The molecule has 2 rings (SSSR count). The normalized spacial score (nSPS) is 9.67. The molecule has 0 aliphatic carbocycles. The minimum Gasteiger partial charge on any atom is -0.0601 e. The molecule has 2 aromatic carbocycles. The highest BCUT2D eigenvalue weighted by atomic mass is 127. The average molecular weight is 462 g/mol. The topological polar surface area (TPSA) is 97.5 Å². The van der Waals surface area contributed by atoms with E-state index in [4.69, 9.17) is 11.1 Å². The van der Waals surface area contributed by atoms with Gasteiger partial charge in [0.05, 0.1) is 0 Å². The Labute approximate surface area is 129 Å². The Kier molecular flexibility index (Phi) is 4.12. The molecule has 0 bridgehead atoms. The van der Waals surface area contributed by atoms with Crippen molar-refractivity contribution < 1.29 is 0 Å². The van der Waals surface area contributed by atoms with Gasteiger partial charge in [0.1, 0.15) is 0 Å². The van der Waals surface area contributed by atoms with E-state index in [2.05, 4.69) is 65.2 Å². The summed E-state index contributed by atoms with van der Waals surface area (Å²) in [5, 5.41) is 8.97. The summed E-state index contributed by atoms with van der Waals surface area (Å²) in [6.45, 7) is 0. The van der Waals surface area contributed by atoms with Crippen LogP contribution >= 0.6 is 45.2 Å². The molecule has 0 radical (unpaired) electrons. The number of benzene rings is 2. The molecule has 0 atom stereocenters. The quantitative estimate of drug-likeness (QED) is 0.229. The molecule has 6 nitrogen and oxygen atoms in total. The Morgan fingerprint density at radius 2 is 1.17 bits per heavy atom. The fourth-order valence-corrected chi connectivity index (χ4v) is 3.09. The number of azide groups is 2. The maximum atomic E-state index is 8.58. The molecule has 0 saturated heterocycles. The number of hydrogen-bond donors (Lipinski definition) is 0. The SMILES string of the molecule is [N-]=[N+]=Nc1ccc(I)c2c(N=[N+]=[N-])ccc(I)c12. The molecule has 18 heavy (non-hydrogen) atoms. The van der Waals surface area contributed by atoms with Crippen LogP contribution in [0.1, 0.15) is 0 Å². The summed E-state index contributed by atoms with van der Waals surface area (Å²) in [4.78, 5) is 5.64. The maximum absolute atomic E-state index is 8.58. The van der Waals surface area contributed by atoms with Crippen molar-refractivity contribution in [1.29, 1.82) is 0 Å². The molecule has 0 spiro atoms. The summed E-state index contributed by atoms with van der Waals surface area (Å²) in [6, 6.07) is 7.18. The second-order valence-corrected chi connectivity index (χ2v) is 5.59. The summed E-state index contributed by atoms with van der Waals surface area (Å²) in [5.41, 5.74) is 18.2. The molecule has 2 aromatic rings. The molecule has 0 unspecified atom stereocenters. The second-order valence-electron chi connectivity index (χ2n) is 3.26. The van der Waals surface area contributed by atoms with Gasteiger partial charge in [0, 0.05) is 39.1 Å². The van der Waals surface area contributed by atoms with Crippen LogP contribution in [0.15, 0.2) is 34.5 Å². The van der Waals surface area contributed by atoms with Crippen LogP contribution < -0.4 is 0 Å². The minimum absolute atomic E-state index is 0.535. The zero-order valence-electron chi connectivity index (χ0n) is 8.75. The van der Waals surface area contributed by atoms with Gasteiger partial charge in [-0.05, 0) is 68.4 Å². The van der Waals surface area contributed by atoms with Crippen molar-refractivity contribution in [2.75, 3.05) is 0 Å². The van der Waals surface area contributed by atoms with Crippen molar-refractivity contribution in [3.05, 3.63) is 52.3 Å². The van der Waals surface area contributed by atoms with Gasteiger partial charge < -0.3 is 0 Å². The first-order valence-electron chi connectivity index (χ1n) is 4.70. The van der Waals surface area contributed by atoms with Gasteiger partial charge in [0.2, 0.25) is 0 Å². The molecule has 0 saturated carbocycles. The number of rotatable bonds is 2. The Morgan fingerprint density at radius 3 is 1.50 bits per heavy atom. The highest BCUT2D eigenvalue weighted by molar-refractivity contribution is 14.1. The van der Waals surface area contributed by atoms with Crippen LogP contribution in [-0.4, -0.2) is 0 Å². The standard InChI is InChI=1S/C10H4I2N6/c11-5-1-3-7(15-17-13)10-6(12)2-4-8(9(5)10)16-18-14/h1-4H. The third-order valence-electron chi connectivity index (χ3n) is 2.32. The lowest BCUT2D eigenvalue weighted by Gasteiger charge is -2.09. The van der Waals surface area contributed by atoms with Gasteiger partial charge in [-0.15, -0.1) is 0 Å². The number of fused-ring (bicyclic) bond motifs is 1. The monoisotopic (exact) mass is 462 g/mol. The van der Waals surface area contributed by atoms with Crippen LogP contribution in [0.4, 0.5) is 11.4 Å². The van der Waals surface area contributed by atoms with Crippen molar-refractivity contribution >= 4 is 67.3 Å². The Hall–Kier alpha value is -1.22. The van der Waals surface area contributed by atoms with E-state index < -0.39 is 0 Å². The minimum atomic E-state index is 0.535. The smallest absolute Gasteiger partial charge is 0.0465 e. The van der Waals surface area contributed by atoms with Gasteiger partial charge in [-0.3, -0.25) is 0 Å². The van der Waals surface area contributed by atoms with E-state index >= 15 is 0 Å². The molecular formula is C10H4I2N6. The predicted octanol–water partition coefficient (Wildman–Crippen LogP) is 5.93. The lowest BCUT2D eigenvalue weighted by atomic mass is 10.1. The molecule has 0 N–H and O–H groups in total. The van der Waals surface area contributed by atoms with E-state index in [1.807, 2.05) is 12.1 Å². The molecule has 8 heteroatoms. The first-order valence-corrected chi connectivity index (χ1v) is 6.85. The Bertz CT molecular complexity index is 665. The molecular weight excluding hydrogens is 458 g/mol. The van der Waals surface area contributed by atoms with Crippen LogP contribution in [0.25, 0.3) is 31.7 Å². The molecule has 0 amide bonds. The summed E-state index contributed by atoms with van der Waals surface area (Å²) < 4.78 is 1.89. The van der Waals surface area contributed by atoms with Gasteiger partial charge in [-0.2, -0.15) is 0 Å². The number of halogens is 2. The van der Waals surface area contributed by atoms with Crippen LogP contribution in [0.5, 0.6) is 0 Å². The van der Waals surface area contributed by atoms with Crippen LogP contribution in [0.3, 0.4) is 0 Å². The van der Waals surface area contributed by atoms with Crippen LogP contribution in [-0.2, 0) is 0 Å². The largest absolute Gasteiger partial charge is 0.0601 e. The zero-order valence-corrected chi connectivity index (χ0v) is 13.1. The van der Waals surface area contributed by atoms with Crippen molar-refractivity contribution in [3.8, 4) is 0 Å². The van der Waals surface area contributed by atoms with E-state index in [9.17, 15) is 0 Å². The average Bonchev–Trinajstić information content (AvgIpc) is 2.36. The van der Waals surface area contributed by atoms with Crippen molar-refractivity contribution in [2.45, 2.75) is 0 Å². The lowest BCUT2D eigenvalue weighted by Crippen LogP contribution is -1.83. The van der Waals surface area contributed by atoms with E-state index in [0.717, 1.165) is 17.9 Å². The second kappa shape index (κ2) is 5.61. The van der Waals surface area contributed by atoms with Crippen molar-refractivity contribution in [2.24, 2.45) is 10.2 Å². The summed E-state index contributed by atoms with van der Waals surface area (Å²) in [6.07, 6.45) is 0. The first kappa shape index (κ1) is 13.2. The molecule has 0 aromatic heterocycles. The highest BCUT2D eigenvalue weighted by Gasteiger charge is 2.10. The summed E-state index contributed by atoms with van der Waals surface area (Å²) >= 11 is 4.33. The lowest BCUT2D eigenvalue weighted by molar-refractivity contribution is 1.46. The fourth-order valence-electron chi connectivity index (χ4n) is 1.64. The van der Waals surface area contributed by atoms with Crippen molar-refractivity contribution in [1.82, 2.24) is 0 Å². The van der Waals surface area contributed by atoms with Gasteiger partial charge in [0.15, 0.2) is 0 Å². The van der Waals surface area contributed by atoms with Crippen LogP contribution in [0, 0.1) is 7.14 Å². The van der Waals surface area contributed by atoms with E-state index in [-0.39, 0.29) is 0 Å². The highest BCUT2D eigenvalue weighted by Crippen LogP contribution is 2.39.